The number of nitrogens with zero attached hydrogens (tertiary/aromatic N) is 2. The van der Waals surface area contributed by atoms with Crippen molar-refractivity contribution in [2.75, 3.05) is 10.5 Å². The number of aromatic nitrogens is 2. The van der Waals surface area contributed by atoms with E-state index in [1.165, 1.54) is 13.8 Å². The minimum atomic E-state index is -4.68. The van der Waals surface area contributed by atoms with Gasteiger partial charge >= 0.3 is 6.18 Å². The molecule has 34 heavy (non-hydrogen) atoms. The lowest BCUT2D eigenvalue weighted by molar-refractivity contribution is -0.137. The van der Waals surface area contributed by atoms with Crippen molar-refractivity contribution in [2.45, 2.75) is 44.5 Å². The van der Waals surface area contributed by atoms with E-state index in [0.29, 0.717) is 12.1 Å². The van der Waals surface area contributed by atoms with Gasteiger partial charge in [0.1, 0.15) is 17.5 Å². The van der Waals surface area contributed by atoms with E-state index in [4.69, 9.17) is 0 Å². The molecule has 1 heterocycles. The van der Waals surface area contributed by atoms with Crippen molar-refractivity contribution in [2.24, 2.45) is 0 Å². The summed E-state index contributed by atoms with van der Waals surface area (Å²) < 4.78 is 108. The zero-order chi connectivity index (χ0) is 25.5. The molecule has 0 saturated heterocycles. The molecule has 13 heteroatoms. The van der Waals surface area contributed by atoms with E-state index in [0.717, 1.165) is 35.1 Å². The average Bonchev–Trinajstić information content (AvgIpc) is 3.18. The minimum absolute atomic E-state index is 0.0460. The summed E-state index contributed by atoms with van der Waals surface area (Å²) in [7, 11) is -3.84. The fraction of sp³-hybridized carbons (Fsp3) is 0.381. The molecular weight excluding hydrogens is 488 g/mol. The first-order chi connectivity index (χ1) is 15.8. The normalized spacial score (nSPS) is 15.5. The number of hydrogen-bond acceptors (Lipinski definition) is 4. The van der Waals surface area contributed by atoms with Crippen LogP contribution in [-0.4, -0.2) is 41.6 Å². The van der Waals surface area contributed by atoms with Gasteiger partial charge in [0, 0.05) is 5.39 Å². The maximum Gasteiger partial charge on any atom is 0.416 e. The smallest absolute Gasteiger partial charge is 0.384 e. The standard InChI is InChI=1S/C21H21F6N3O3S/c1-3-20(18(31)19(23)24,12-5-7-13(8-6-12)21(25,26)27)30-17-10-14(22)9-16(15(17)11-28-30)29-34(32,33)4-2/h5-11,18-19,29,31H,3-4H2,1-2H3. The lowest BCUT2D eigenvalue weighted by Crippen LogP contribution is -2.49. The predicted molar refractivity (Wildman–Crippen MR) is 114 cm³/mol. The molecule has 3 aromatic rings. The monoisotopic (exact) mass is 509 g/mol. The van der Waals surface area contributed by atoms with E-state index < -0.39 is 45.6 Å². The van der Waals surface area contributed by atoms with Crippen LogP contribution in [0.5, 0.6) is 0 Å². The fourth-order valence-corrected chi connectivity index (χ4v) is 4.52. The highest BCUT2D eigenvalue weighted by atomic mass is 32.2. The molecule has 0 fully saturated rings. The largest absolute Gasteiger partial charge is 0.416 e. The van der Waals surface area contributed by atoms with Crippen molar-refractivity contribution in [1.29, 1.82) is 0 Å². The maximum atomic E-state index is 14.5. The Morgan fingerprint density at radius 1 is 1.09 bits per heavy atom. The molecule has 0 bridgehead atoms. The van der Waals surface area contributed by atoms with Crippen molar-refractivity contribution in [1.82, 2.24) is 9.78 Å². The summed E-state index contributed by atoms with van der Waals surface area (Å²) in [4.78, 5) is 0. The summed E-state index contributed by atoms with van der Waals surface area (Å²) in [6, 6.07) is 5.07. The molecule has 2 aromatic carbocycles. The van der Waals surface area contributed by atoms with Gasteiger partial charge in [0.25, 0.3) is 6.43 Å². The van der Waals surface area contributed by atoms with Gasteiger partial charge in [0.2, 0.25) is 10.0 Å². The van der Waals surface area contributed by atoms with Gasteiger partial charge in [-0.25, -0.2) is 21.6 Å². The summed E-state index contributed by atoms with van der Waals surface area (Å²) in [5.74, 6) is -1.25. The first-order valence-electron chi connectivity index (χ1n) is 10.1. The number of halogens is 6. The molecule has 2 unspecified atom stereocenters. The second-order valence-electron chi connectivity index (χ2n) is 7.58. The SMILES string of the molecule is CCC(c1ccc(C(F)(F)F)cc1)(C(O)C(F)F)n1ncc2c(NS(=O)(=O)CC)cc(F)cc21. The van der Waals surface area contributed by atoms with E-state index in [1.54, 1.807) is 0 Å². The molecule has 0 radical (unpaired) electrons. The summed E-state index contributed by atoms with van der Waals surface area (Å²) in [6.45, 7) is 2.77. The summed E-state index contributed by atoms with van der Waals surface area (Å²) >= 11 is 0. The molecule has 3 rings (SSSR count). The predicted octanol–water partition coefficient (Wildman–Crippen LogP) is 4.74. The van der Waals surface area contributed by atoms with Crippen molar-refractivity contribution in [3.63, 3.8) is 0 Å². The Hall–Kier alpha value is -2.80. The Bertz CT molecular complexity index is 1280. The van der Waals surface area contributed by atoms with Crippen LogP contribution in [0.1, 0.15) is 31.4 Å². The molecule has 2 N–H and O–H groups in total. The highest BCUT2D eigenvalue weighted by molar-refractivity contribution is 7.92. The molecule has 186 valence electrons. The summed E-state index contributed by atoms with van der Waals surface area (Å²) in [5, 5.41) is 14.7. The van der Waals surface area contributed by atoms with Crippen LogP contribution in [-0.2, 0) is 21.7 Å². The number of anilines is 1. The molecule has 0 amide bonds. The Morgan fingerprint density at radius 3 is 2.18 bits per heavy atom. The molecule has 0 saturated carbocycles. The van der Waals surface area contributed by atoms with Gasteiger partial charge in [-0.05, 0) is 43.2 Å². The molecule has 6 nitrogen and oxygen atoms in total. The van der Waals surface area contributed by atoms with Gasteiger partial charge in [-0.1, -0.05) is 19.1 Å². The van der Waals surface area contributed by atoms with Crippen molar-refractivity contribution < 1.29 is 39.9 Å². The third kappa shape index (κ3) is 4.58. The lowest BCUT2D eigenvalue weighted by atomic mass is 9.81. The van der Waals surface area contributed by atoms with Gasteiger partial charge in [0.05, 0.1) is 28.7 Å². The first kappa shape index (κ1) is 25.8. The molecular formula is C21H21F6N3O3S. The number of benzene rings is 2. The number of hydrogen-bond donors (Lipinski definition) is 2. The van der Waals surface area contributed by atoms with E-state index in [9.17, 15) is 39.9 Å². The van der Waals surface area contributed by atoms with Crippen LogP contribution in [0.2, 0.25) is 0 Å². The molecule has 0 aliphatic heterocycles. The molecule has 1 aromatic heterocycles. The summed E-state index contributed by atoms with van der Waals surface area (Å²) in [6.07, 6.45) is -9.63. The topological polar surface area (TPSA) is 84.2 Å². The van der Waals surface area contributed by atoms with Crippen LogP contribution in [0.4, 0.5) is 32.0 Å². The zero-order valence-electron chi connectivity index (χ0n) is 17.9. The zero-order valence-corrected chi connectivity index (χ0v) is 18.8. The Morgan fingerprint density at radius 2 is 1.68 bits per heavy atom. The number of rotatable bonds is 8. The first-order valence-corrected chi connectivity index (χ1v) is 11.7. The lowest BCUT2D eigenvalue weighted by Gasteiger charge is -2.38. The highest BCUT2D eigenvalue weighted by Crippen LogP contribution is 2.41. The van der Waals surface area contributed by atoms with Gasteiger partial charge in [0.15, 0.2) is 0 Å². The summed E-state index contributed by atoms with van der Waals surface area (Å²) in [5.41, 5.74) is -3.60. The van der Waals surface area contributed by atoms with Gasteiger partial charge in [-0.2, -0.15) is 18.3 Å². The number of aliphatic hydroxyl groups is 1. The molecule has 2 atom stereocenters. The number of nitrogens with one attached hydrogen (secondary N) is 1. The van der Waals surface area contributed by atoms with Gasteiger partial charge in [-0.3, -0.25) is 9.40 Å². The third-order valence-electron chi connectivity index (χ3n) is 5.66. The third-order valence-corrected chi connectivity index (χ3v) is 6.95. The van der Waals surface area contributed by atoms with Crippen LogP contribution in [0, 0.1) is 5.82 Å². The van der Waals surface area contributed by atoms with Crippen LogP contribution in [0.15, 0.2) is 42.6 Å². The Labute approximate surface area is 191 Å². The van der Waals surface area contributed by atoms with Crippen molar-refractivity contribution in [3.8, 4) is 0 Å². The number of fused-ring (bicyclic) bond motifs is 1. The highest BCUT2D eigenvalue weighted by Gasteiger charge is 2.47. The van der Waals surface area contributed by atoms with Crippen LogP contribution < -0.4 is 4.72 Å². The van der Waals surface area contributed by atoms with Gasteiger partial charge < -0.3 is 5.11 Å². The van der Waals surface area contributed by atoms with E-state index in [2.05, 4.69) is 9.82 Å². The van der Waals surface area contributed by atoms with Crippen LogP contribution >= 0.6 is 0 Å². The molecule has 0 spiro atoms. The maximum absolute atomic E-state index is 14.5. The molecule has 0 aliphatic carbocycles. The van der Waals surface area contributed by atoms with Crippen LogP contribution in [0.25, 0.3) is 10.9 Å². The number of sulfonamides is 1. The Balaban J connectivity index is 2.31. The Kier molecular flexibility index (Phi) is 6.91. The second kappa shape index (κ2) is 9.10. The fourth-order valence-electron chi connectivity index (χ4n) is 3.87. The van der Waals surface area contributed by atoms with Crippen molar-refractivity contribution >= 4 is 26.6 Å². The number of aliphatic hydroxyl groups excluding tert-OH is 1. The van der Waals surface area contributed by atoms with Crippen LogP contribution in [0.3, 0.4) is 0 Å². The number of alkyl halides is 5. The van der Waals surface area contributed by atoms with Crippen molar-refractivity contribution in [3.05, 3.63) is 59.5 Å². The van der Waals surface area contributed by atoms with Gasteiger partial charge in [-0.15, -0.1) is 0 Å². The van der Waals surface area contributed by atoms with E-state index in [-0.39, 0.29) is 34.3 Å². The van der Waals surface area contributed by atoms with E-state index in [1.807, 2.05) is 0 Å². The molecule has 0 aliphatic rings. The van der Waals surface area contributed by atoms with E-state index >= 15 is 0 Å². The second-order valence-corrected chi connectivity index (χ2v) is 9.59. The minimum Gasteiger partial charge on any atom is -0.384 e. The quantitative estimate of drug-likeness (QED) is 0.430. The average molecular weight is 509 g/mol.